The Morgan fingerprint density at radius 2 is 1.97 bits per heavy atom. The second-order valence-corrected chi connectivity index (χ2v) is 12.9. The lowest BCUT2D eigenvalue weighted by molar-refractivity contribution is -0.220. The summed E-state index contributed by atoms with van der Waals surface area (Å²) in [7, 11) is 0. The van der Waals surface area contributed by atoms with Gasteiger partial charge in [-0.25, -0.2) is 4.79 Å². The number of hydrogen-bond acceptors (Lipinski definition) is 5. The van der Waals surface area contributed by atoms with Gasteiger partial charge in [-0.15, -0.1) is 0 Å². The van der Waals surface area contributed by atoms with Crippen molar-refractivity contribution < 1.29 is 19.7 Å². The molecule has 178 valence electrons. The fourth-order valence-corrected chi connectivity index (χ4v) is 11.7. The smallest absolute Gasteiger partial charge is 0.331 e. The van der Waals surface area contributed by atoms with Crippen LogP contribution in [-0.4, -0.2) is 58.0 Å². The Morgan fingerprint density at radius 1 is 1.18 bits per heavy atom. The van der Waals surface area contributed by atoms with E-state index in [1.807, 2.05) is 30.3 Å². The van der Waals surface area contributed by atoms with Gasteiger partial charge >= 0.3 is 5.97 Å². The van der Waals surface area contributed by atoms with E-state index in [0.717, 1.165) is 43.4 Å². The Balaban J connectivity index is 1.21. The molecule has 3 aliphatic heterocycles. The molecule has 6 aliphatic carbocycles. The summed E-state index contributed by atoms with van der Waals surface area (Å²) in [5, 5.41) is 23.0. The standard InChI is InChI=1S/C29H33NO4/c1-15-10-28-13-18-24-27(2)11-17(31)12-29(24)25(28)22(33)20(15)23(21(28)26(29)30(18)14-27)34-19(32)9-8-16-6-4-3-5-7-16/h3-9,17-18,20-26,31,33H,1,10-14H2,2H3/t17-,18-,20+,21+,22+,23-,24+,25+,26+,27-,28-,29-/m0/s1. The van der Waals surface area contributed by atoms with Crippen LogP contribution in [-0.2, 0) is 9.53 Å². The van der Waals surface area contributed by atoms with E-state index in [-0.39, 0.29) is 52.2 Å². The Morgan fingerprint density at radius 3 is 2.76 bits per heavy atom. The zero-order chi connectivity index (χ0) is 23.2. The number of benzene rings is 1. The normalized spacial score (nSPS) is 57.1. The topological polar surface area (TPSA) is 70.0 Å². The largest absolute Gasteiger partial charge is 0.458 e. The highest BCUT2D eigenvalue weighted by Gasteiger charge is 2.90. The summed E-state index contributed by atoms with van der Waals surface area (Å²) >= 11 is 0. The van der Waals surface area contributed by atoms with Gasteiger partial charge in [-0.2, -0.15) is 0 Å². The molecule has 9 aliphatic rings. The highest BCUT2D eigenvalue weighted by atomic mass is 16.5. The first-order valence-electron chi connectivity index (χ1n) is 13.0. The zero-order valence-corrected chi connectivity index (χ0v) is 19.6. The predicted molar refractivity (Wildman–Crippen MR) is 126 cm³/mol. The number of hydrogen-bond donors (Lipinski definition) is 2. The lowest BCUT2D eigenvalue weighted by atomic mass is 9.39. The SMILES string of the molecule is C=C1C[C@@]23C[C@H]4[C@@H]5[C@@]6(C)C[C@H](O)C[C@@]57[C@@H]2[C@H](O)[C@@H]1[C@H](OC(=O)C=Cc1ccccc1)[C@@H]3[C@H]7N4C6. The molecule has 10 rings (SSSR count). The van der Waals surface area contributed by atoms with Crippen LogP contribution >= 0.6 is 0 Å². The predicted octanol–water partition coefficient (Wildman–Crippen LogP) is 3.03. The van der Waals surface area contributed by atoms with Crippen molar-refractivity contribution in [3.8, 4) is 0 Å². The molecule has 0 aromatic heterocycles. The summed E-state index contributed by atoms with van der Waals surface area (Å²) in [6.07, 6.45) is 5.83. The van der Waals surface area contributed by atoms with Crippen molar-refractivity contribution in [2.75, 3.05) is 6.54 Å². The van der Waals surface area contributed by atoms with Crippen LogP contribution in [0.25, 0.3) is 6.08 Å². The maximum absolute atomic E-state index is 13.1. The molecule has 1 unspecified atom stereocenters. The number of piperidine rings is 2. The quantitative estimate of drug-likeness (QED) is 0.413. The second-order valence-electron chi connectivity index (χ2n) is 12.9. The Bertz CT molecular complexity index is 1150. The van der Waals surface area contributed by atoms with Crippen LogP contribution < -0.4 is 0 Å². The molecule has 9 bridgehead atoms. The molecule has 0 radical (unpaired) electrons. The third-order valence-electron chi connectivity index (χ3n) is 11.6. The van der Waals surface area contributed by atoms with E-state index >= 15 is 0 Å². The monoisotopic (exact) mass is 459 g/mol. The minimum atomic E-state index is -0.547. The van der Waals surface area contributed by atoms with Crippen LogP contribution in [0.5, 0.6) is 0 Å². The minimum absolute atomic E-state index is 0.0516. The van der Waals surface area contributed by atoms with Gasteiger partial charge in [0.1, 0.15) is 6.10 Å². The van der Waals surface area contributed by atoms with Crippen molar-refractivity contribution in [3.05, 3.63) is 54.1 Å². The first-order valence-corrected chi connectivity index (χ1v) is 13.0. The van der Waals surface area contributed by atoms with Crippen LogP contribution in [0.15, 0.2) is 48.6 Å². The fourth-order valence-electron chi connectivity index (χ4n) is 11.7. The van der Waals surface area contributed by atoms with Gasteiger partial charge in [-0.05, 0) is 65.4 Å². The number of nitrogens with zero attached hydrogens (tertiary/aromatic N) is 1. The van der Waals surface area contributed by atoms with Gasteiger partial charge in [0.25, 0.3) is 0 Å². The summed E-state index contributed by atoms with van der Waals surface area (Å²) in [5.74, 6) is 0.402. The average molecular weight is 460 g/mol. The molecule has 2 N–H and O–H groups in total. The van der Waals surface area contributed by atoms with E-state index in [1.165, 1.54) is 6.08 Å². The highest BCUT2D eigenvalue weighted by Crippen LogP contribution is 2.87. The van der Waals surface area contributed by atoms with Crippen LogP contribution in [0, 0.1) is 39.9 Å². The van der Waals surface area contributed by atoms with Crippen LogP contribution in [0.4, 0.5) is 0 Å². The van der Waals surface area contributed by atoms with E-state index < -0.39 is 6.10 Å². The van der Waals surface area contributed by atoms with Crippen LogP contribution in [0.1, 0.15) is 38.2 Å². The lowest BCUT2D eigenvalue weighted by Gasteiger charge is -2.66. The number of ether oxygens (including phenoxy) is 1. The zero-order valence-electron chi connectivity index (χ0n) is 19.6. The molecule has 1 aromatic rings. The molecule has 5 nitrogen and oxygen atoms in total. The maximum Gasteiger partial charge on any atom is 0.331 e. The molecular weight excluding hydrogens is 426 g/mol. The van der Waals surface area contributed by atoms with Gasteiger partial charge in [-0.1, -0.05) is 49.4 Å². The van der Waals surface area contributed by atoms with E-state index in [9.17, 15) is 15.0 Å². The third-order valence-corrected chi connectivity index (χ3v) is 11.6. The van der Waals surface area contributed by atoms with Crippen LogP contribution in [0.2, 0.25) is 0 Å². The van der Waals surface area contributed by atoms with Gasteiger partial charge < -0.3 is 14.9 Å². The number of carbonyl (C=O) groups excluding carboxylic acids is 1. The molecule has 1 aromatic carbocycles. The molecule has 3 heterocycles. The van der Waals surface area contributed by atoms with Crippen molar-refractivity contribution in [1.82, 2.24) is 4.90 Å². The highest BCUT2D eigenvalue weighted by molar-refractivity contribution is 5.87. The van der Waals surface area contributed by atoms with E-state index in [1.54, 1.807) is 6.08 Å². The van der Waals surface area contributed by atoms with Crippen LogP contribution in [0.3, 0.4) is 0 Å². The number of aliphatic hydroxyl groups is 2. The number of fused-ring (bicyclic) bond motifs is 1. The molecular formula is C29H33NO4. The first kappa shape index (κ1) is 20.3. The van der Waals surface area contributed by atoms with E-state index in [0.29, 0.717) is 18.0 Å². The summed E-state index contributed by atoms with van der Waals surface area (Å²) in [6, 6.07) is 10.6. The van der Waals surface area contributed by atoms with Crippen molar-refractivity contribution in [1.29, 1.82) is 0 Å². The molecule has 9 fully saturated rings. The van der Waals surface area contributed by atoms with E-state index in [2.05, 4.69) is 18.4 Å². The molecule has 0 amide bonds. The van der Waals surface area contributed by atoms with Gasteiger partial charge in [-0.3, -0.25) is 4.90 Å². The molecule has 34 heavy (non-hydrogen) atoms. The minimum Gasteiger partial charge on any atom is -0.458 e. The molecule has 2 spiro atoms. The Labute approximate surface area is 200 Å². The first-order chi connectivity index (χ1) is 16.3. The summed E-state index contributed by atoms with van der Waals surface area (Å²) in [6.45, 7) is 7.81. The Hall–Kier alpha value is -1.95. The molecule has 13 atom stereocenters. The van der Waals surface area contributed by atoms with E-state index in [4.69, 9.17) is 4.74 Å². The van der Waals surface area contributed by atoms with Gasteiger partial charge in [0.15, 0.2) is 0 Å². The van der Waals surface area contributed by atoms with Gasteiger partial charge in [0.05, 0.1) is 12.2 Å². The third kappa shape index (κ3) is 2.02. The van der Waals surface area contributed by atoms with Crippen molar-refractivity contribution >= 4 is 12.0 Å². The van der Waals surface area contributed by atoms with Gasteiger partial charge in [0, 0.05) is 36.5 Å². The number of aliphatic hydroxyl groups excluding tert-OH is 2. The summed E-state index contributed by atoms with van der Waals surface area (Å²) in [4.78, 5) is 15.8. The second kappa shape index (κ2) is 6.05. The van der Waals surface area contributed by atoms with Crippen molar-refractivity contribution in [2.24, 2.45) is 39.9 Å². The maximum atomic E-state index is 13.1. The fraction of sp³-hybridized carbons (Fsp3) is 0.621. The lowest BCUT2D eigenvalue weighted by Crippen LogP contribution is -2.68. The number of carbonyl (C=O) groups is 1. The molecule has 3 saturated heterocycles. The number of rotatable bonds is 3. The van der Waals surface area contributed by atoms with Crippen molar-refractivity contribution in [2.45, 2.75) is 63.0 Å². The number of esters is 1. The molecule has 5 heteroatoms. The van der Waals surface area contributed by atoms with Gasteiger partial charge in [0.2, 0.25) is 0 Å². The summed E-state index contributed by atoms with van der Waals surface area (Å²) < 4.78 is 6.27. The average Bonchev–Trinajstić information content (AvgIpc) is 3.21. The summed E-state index contributed by atoms with van der Waals surface area (Å²) in [5.41, 5.74) is 2.04. The molecule has 6 saturated carbocycles. The Kier molecular flexibility index (Phi) is 3.61. The van der Waals surface area contributed by atoms with Crippen molar-refractivity contribution in [3.63, 3.8) is 0 Å².